The minimum atomic E-state index is -0.336. The lowest BCUT2D eigenvalue weighted by Crippen LogP contribution is -2.12. The van der Waals surface area contributed by atoms with Gasteiger partial charge in [0.1, 0.15) is 0 Å². The number of nitrogens with zero attached hydrogens (tertiary/aromatic N) is 6. The number of pyridine rings is 1. The molecule has 3 heterocycles. The molecule has 0 saturated heterocycles. The van der Waals surface area contributed by atoms with Gasteiger partial charge in [-0.25, -0.2) is 4.68 Å². The van der Waals surface area contributed by atoms with Crippen LogP contribution in [0.3, 0.4) is 0 Å². The van der Waals surface area contributed by atoms with Gasteiger partial charge in [0, 0.05) is 18.6 Å². The number of carbonyl (C=O) groups excluding carboxylic acids is 1. The number of carbonyl (C=O) groups is 1. The van der Waals surface area contributed by atoms with Crippen molar-refractivity contribution in [3.63, 3.8) is 0 Å². The second kappa shape index (κ2) is 7.20. The first-order valence-corrected chi connectivity index (χ1v) is 8.39. The number of hydrogen-bond donors (Lipinski definition) is 1. The van der Waals surface area contributed by atoms with Gasteiger partial charge >= 0.3 is 0 Å². The molecular weight excluding hydrogens is 342 g/mol. The van der Waals surface area contributed by atoms with Gasteiger partial charge in [0.15, 0.2) is 5.69 Å². The molecule has 4 rings (SSSR count). The van der Waals surface area contributed by atoms with E-state index in [1.54, 1.807) is 40.3 Å². The first-order valence-electron chi connectivity index (χ1n) is 8.39. The molecule has 0 fully saturated rings. The number of aryl methyl sites for hydroxylation is 1. The van der Waals surface area contributed by atoms with Gasteiger partial charge in [-0.3, -0.25) is 14.5 Å². The van der Waals surface area contributed by atoms with E-state index in [1.807, 2.05) is 43.3 Å². The van der Waals surface area contributed by atoms with Gasteiger partial charge in [-0.1, -0.05) is 17.3 Å². The predicted octanol–water partition coefficient (Wildman–Crippen LogP) is 2.47. The smallest absolute Gasteiger partial charge is 0.277 e. The first-order chi connectivity index (χ1) is 13.2. The second-order valence-electron chi connectivity index (χ2n) is 6.12. The van der Waals surface area contributed by atoms with E-state index in [0.717, 1.165) is 16.8 Å². The molecule has 8 nitrogen and oxygen atoms in total. The normalized spacial score (nSPS) is 10.7. The summed E-state index contributed by atoms with van der Waals surface area (Å²) in [6.07, 6.45) is 8.44. The van der Waals surface area contributed by atoms with Crippen molar-refractivity contribution in [3.05, 3.63) is 84.2 Å². The standard InChI is InChI=1S/C19H17N7O/c1-14-3-2-4-17(9-14)26-13-18(23-24-26)19(27)22-16-10-21-25(12-16)11-15-5-7-20-8-6-15/h2-10,12-13H,11H2,1H3,(H,22,27). The van der Waals surface area contributed by atoms with Crippen molar-refractivity contribution in [2.24, 2.45) is 0 Å². The topological polar surface area (TPSA) is 90.5 Å². The molecule has 0 aliphatic carbocycles. The lowest BCUT2D eigenvalue weighted by Gasteiger charge is -2.01. The largest absolute Gasteiger partial charge is 0.318 e. The lowest BCUT2D eigenvalue weighted by molar-refractivity contribution is 0.102. The third kappa shape index (κ3) is 3.90. The third-order valence-corrected chi connectivity index (χ3v) is 3.98. The molecule has 0 unspecified atom stereocenters. The van der Waals surface area contributed by atoms with Crippen LogP contribution in [0.25, 0.3) is 5.69 Å². The molecule has 3 aromatic heterocycles. The van der Waals surface area contributed by atoms with Gasteiger partial charge in [-0.05, 0) is 42.3 Å². The Morgan fingerprint density at radius 1 is 1.15 bits per heavy atom. The van der Waals surface area contributed by atoms with Gasteiger partial charge in [0.2, 0.25) is 0 Å². The van der Waals surface area contributed by atoms with E-state index in [2.05, 4.69) is 25.7 Å². The monoisotopic (exact) mass is 359 g/mol. The SMILES string of the molecule is Cc1cccc(-n2cc(C(=O)Nc3cnn(Cc4ccncc4)c3)nn2)c1. The summed E-state index contributed by atoms with van der Waals surface area (Å²) >= 11 is 0. The maximum atomic E-state index is 12.4. The number of hydrogen-bond acceptors (Lipinski definition) is 5. The van der Waals surface area contributed by atoms with Crippen molar-refractivity contribution in [1.82, 2.24) is 29.8 Å². The van der Waals surface area contributed by atoms with Gasteiger partial charge < -0.3 is 5.32 Å². The van der Waals surface area contributed by atoms with Crippen LogP contribution in [0.1, 0.15) is 21.6 Å². The molecule has 0 aliphatic rings. The summed E-state index contributed by atoms with van der Waals surface area (Å²) < 4.78 is 3.32. The average molecular weight is 359 g/mol. The summed E-state index contributed by atoms with van der Waals surface area (Å²) in [5.41, 5.74) is 3.87. The number of aromatic nitrogens is 6. The van der Waals surface area contributed by atoms with Crippen molar-refractivity contribution in [2.75, 3.05) is 5.32 Å². The zero-order valence-corrected chi connectivity index (χ0v) is 14.6. The molecule has 1 N–H and O–H groups in total. The van der Waals surface area contributed by atoms with Crippen molar-refractivity contribution in [2.45, 2.75) is 13.5 Å². The van der Waals surface area contributed by atoms with Crippen LogP contribution in [0.15, 0.2) is 67.4 Å². The zero-order chi connectivity index (χ0) is 18.6. The number of amides is 1. The van der Waals surface area contributed by atoms with E-state index in [9.17, 15) is 4.79 Å². The molecule has 0 aliphatic heterocycles. The first kappa shape index (κ1) is 16.6. The van der Waals surface area contributed by atoms with Crippen molar-refractivity contribution < 1.29 is 4.79 Å². The summed E-state index contributed by atoms with van der Waals surface area (Å²) in [5, 5.41) is 15.0. The van der Waals surface area contributed by atoms with Crippen LogP contribution < -0.4 is 5.32 Å². The highest BCUT2D eigenvalue weighted by Crippen LogP contribution is 2.12. The fourth-order valence-corrected chi connectivity index (χ4v) is 2.65. The number of benzene rings is 1. The number of nitrogens with one attached hydrogen (secondary N) is 1. The molecule has 1 aromatic carbocycles. The molecule has 0 radical (unpaired) electrons. The van der Waals surface area contributed by atoms with E-state index in [1.165, 1.54) is 0 Å². The van der Waals surface area contributed by atoms with Crippen molar-refractivity contribution in [1.29, 1.82) is 0 Å². The molecule has 0 bridgehead atoms. The summed E-state index contributed by atoms with van der Waals surface area (Å²) in [5.74, 6) is -0.336. The van der Waals surface area contributed by atoms with Gasteiger partial charge in [0.25, 0.3) is 5.91 Å². The fourth-order valence-electron chi connectivity index (χ4n) is 2.65. The maximum Gasteiger partial charge on any atom is 0.277 e. The number of rotatable bonds is 5. The van der Waals surface area contributed by atoms with Crippen LogP contribution in [0.5, 0.6) is 0 Å². The summed E-state index contributed by atoms with van der Waals surface area (Å²) in [7, 11) is 0. The van der Waals surface area contributed by atoms with Crippen LogP contribution in [0.2, 0.25) is 0 Å². The molecule has 27 heavy (non-hydrogen) atoms. The fraction of sp³-hybridized carbons (Fsp3) is 0.105. The molecule has 8 heteroatoms. The Bertz CT molecular complexity index is 1070. The Morgan fingerprint density at radius 2 is 2.00 bits per heavy atom. The van der Waals surface area contributed by atoms with Crippen LogP contribution in [0.4, 0.5) is 5.69 Å². The van der Waals surface area contributed by atoms with E-state index in [4.69, 9.17) is 0 Å². The van der Waals surface area contributed by atoms with E-state index >= 15 is 0 Å². The van der Waals surface area contributed by atoms with Crippen LogP contribution in [0, 0.1) is 6.92 Å². The van der Waals surface area contributed by atoms with Crippen molar-refractivity contribution in [3.8, 4) is 5.69 Å². The third-order valence-electron chi connectivity index (χ3n) is 3.98. The van der Waals surface area contributed by atoms with Crippen LogP contribution in [-0.4, -0.2) is 35.7 Å². The lowest BCUT2D eigenvalue weighted by atomic mass is 10.2. The molecule has 134 valence electrons. The highest BCUT2D eigenvalue weighted by Gasteiger charge is 2.13. The Hall–Kier alpha value is -3.81. The molecule has 0 spiro atoms. The van der Waals surface area contributed by atoms with Gasteiger partial charge in [-0.15, -0.1) is 5.10 Å². The highest BCUT2D eigenvalue weighted by atomic mass is 16.2. The van der Waals surface area contributed by atoms with Gasteiger partial charge in [0.05, 0.1) is 30.3 Å². The highest BCUT2D eigenvalue weighted by molar-refractivity contribution is 6.02. The average Bonchev–Trinajstić information content (AvgIpc) is 3.32. The minimum absolute atomic E-state index is 0.235. The van der Waals surface area contributed by atoms with E-state index in [-0.39, 0.29) is 11.6 Å². The van der Waals surface area contributed by atoms with Crippen molar-refractivity contribution >= 4 is 11.6 Å². The van der Waals surface area contributed by atoms with Crippen LogP contribution in [-0.2, 0) is 6.54 Å². The maximum absolute atomic E-state index is 12.4. The van der Waals surface area contributed by atoms with E-state index in [0.29, 0.717) is 12.2 Å². The Kier molecular flexibility index (Phi) is 4.44. The molecule has 0 saturated carbocycles. The Labute approximate surface area is 155 Å². The molecular formula is C19H17N7O. The number of anilines is 1. The summed E-state index contributed by atoms with van der Waals surface area (Å²) in [6.45, 7) is 2.60. The quantitative estimate of drug-likeness (QED) is 0.591. The zero-order valence-electron chi connectivity index (χ0n) is 14.6. The van der Waals surface area contributed by atoms with Crippen LogP contribution >= 0.6 is 0 Å². The summed E-state index contributed by atoms with van der Waals surface area (Å²) in [6, 6.07) is 11.7. The second-order valence-corrected chi connectivity index (χ2v) is 6.12. The van der Waals surface area contributed by atoms with Gasteiger partial charge in [-0.2, -0.15) is 5.10 Å². The predicted molar refractivity (Wildman–Crippen MR) is 99.6 cm³/mol. The Morgan fingerprint density at radius 3 is 2.81 bits per heavy atom. The van der Waals surface area contributed by atoms with E-state index < -0.39 is 0 Å². The molecule has 0 atom stereocenters. The molecule has 1 amide bonds. The Balaban J connectivity index is 1.44. The molecule has 4 aromatic rings. The minimum Gasteiger partial charge on any atom is -0.318 e. The summed E-state index contributed by atoms with van der Waals surface area (Å²) in [4.78, 5) is 16.4.